The van der Waals surface area contributed by atoms with Gasteiger partial charge in [0.15, 0.2) is 0 Å². The van der Waals surface area contributed by atoms with E-state index in [1.165, 1.54) is 6.07 Å². The first-order valence-electron chi connectivity index (χ1n) is 5.67. The van der Waals surface area contributed by atoms with Crippen molar-refractivity contribution in [3.63, 3.8) is 0 Å². The molecule has 0 unspecified atom stereocenters. The maximum absolute atomic E-state index is 13.3. The van der Waals surface area contributed by atoms with Crippen molar-refractivity contribution in [3.05, 3.63) is 57.6 Å². The molecule has 1 amide bonds. The average molecular weight is 323 g/mol. The van der Waals surface area contributed by atoms with Crippen LogP contribution in [0.5, 0.6) is 0 Å². The summed E-state index contributed by atoms with van der Waals surface area (Å²) in [5.41, 5.74) is 2.37. The molecule has 0 spiro atoms. The molecule has 2 aromatic rings. The summed E-state index contributed by atoms with van der Waals surface area (Å²) < 4.78 is 13.6. The van der Waals surface area contributed by atoms with E-state index < -0.39 is 0 Å². The molecule has 0 bridgehead atoms. The van der Waals surface area contributed by atoms with Gasteiger partial charge in [0.1, 0.15) is 11.5 Å². The molecule has 1 N–H and O–H groups in total. The zero-order chi connectivity index (χ0) is 14.0. The zero-order valence-electron chi connectivity index (χ0n) is 10.5. The van der Waals surface area contributed by atoms with Gasteiger partial charge in [-0.1, -0.05) is 6.07 Å². The van der Waals surface area contributed by atoms with E-state index in [1.54, 1.807) is 25.3 Å². The van der Waals surface area contributed by atoms with Gasteiger partial charge < -0.3 is 5.32 Å². The Morgan fingerprint density at radius 2 is 2.05 bits per heavy atom. The minimum absolute atomic E-state index is 0.306. The van der Waals surface area contributed by atoms with E-state index in [1.807, 2.05) is 13.0 Å². The van der Waals surface area contributed by atoms with E-state index in [0.29, 0.717) is 21.4 Å². The minimum Gasteiger partial charge on any atom is -0.320 e. The Balaban J connectivity index is 2.30. The number of carbonyl (C=O) groups excluding carboxylic acids is 1. The van der Waals surface area contributed by atoms with Crippen LogP contribution in [-0.2, 0) is 0 Å². The largest absolute Gasteiger partial charge is 0.320 e. The van der Waals surface area contributed by atoms with Crippen molar-refractivity contribution in [2.24, 2.45) is 0 Å². The van der Waals surface area contributed by atoms with E-state index in [9.17, 15) is 9.18 Å². The summed E-state index contributed by atoms with van der Waals surface area (Å²) in [5.74, 6) is -0.663. The Kier molecular flexibility index (Phi) is 3.95. The lowest BCUT2D eigenvalue weighted by Gasteiger charge is -2.10. The smallest absolute Gasteiger partial charge is 0.274 e. The van der Waals surface area contributed by atoms with Crippen molar-refractivity contribution in [2.75, 3.05) is 5.32 Å². The second-order valence-corrected chi connectivity index (χ2v) is 5.06. The second kappa shape index (κ2) is 5.48. The molecule has 0 saturated heterocycles. The summed E-state index contributed by atoms with van der Waals surface area (Å²) in [6.45, 7) is 3.55. The molecule has 1 aromatic carbocycles. The standard InChI is InChI=1S/C14H12BrFN2O/c1-8-4-3-5-17-13(8)14(19)18-12-7-10(15)11(16)6-9(12)2/h3-7H,1-2H3,(H,18,19). The summed E-state index contributed by atoms with van der Waals surface area (Å²) in [4.78, 5) is 16.1. The van der Waals surface area contributed by atoms with E-state index in [0.717, 1.165) is 5.56 Å². The van der Waals surface area contributed by atoms with Crippen LogP contribution in [0.25, 0.3) is 0 Å². The van der Waals surface area contributed by atoms with Gasteiger partial charge in [-0.05, 0) is 59.1 Å². The molecular formula is C14H12BrFN2O. The molecule has 0 atom stereocenters. The SMILES string of the molecule is Cc1cc(F)c(Br)cc1NC(=O)c1ncccc1C. The molecule has 0 aliphatic carbocycles. The number of amides is 1. The first kappa shape index (κ1) is 13.7. The Bertz CT molecular complexity index is 643. The van der Waals surface area contributed by atoms with Crippen LogP contribution in [0.1, 0.15) is 21.6 Å². The lowest BCUT2D eigenvalue weighted by atomic mass is 10.1. The van der Waals surface area contributed by atoms with Gasteiger partial charge in [0, 0.05) is 11.9 Å². The lowest BCUT2D eigenvalue weighted by molar-refractivity contribution is 0.102. The predicted octanol–water partition coefficient (Wildman–Crippen LogP) is 3.85. The minimum atomic E-state index is -0.357. The molecule has 1 aromatic heterocycles. The number of anilines is 1. The maximum atomic E-state index is 13.3. The third-order valence-corrected chi connectivity index (χ3v) is 3.35. The van der Waals surface area contributed by atoms with Gasteiger partial charge in [-0.3, -0.25) is 9.78 Å². The Morgan fingerprint density at radius 1 is 1.32 bits per heavy atom. The first-order chi connectivity index (χ1) is 8.99. The third-order valence-electron chi connectivity index (χ3n) is 2.74. The molecule has 0 fully saturated rings. The van der Waals surface area contributed by atoms with E-state index >= 15 is 0 Å². The number of aromatic nitrogens is 1. The second-order valence-electron chi connectivity index (χ2n) is 4.20. The summed E-state index contributed by atoms with van der Waals surface area (Å²) in [6.07, 6.45) is 1.56. The molecule has 5 heteroatoms. The highest BCUT2D eigenvalue weighted by Gasteiger charge is 2.13. The summed E-state index contributed by atoms with van der Waals surface area (Å²) in [5, 5.41) is 2.74. The lowest BCUT2D eigenvalue weighted by Crippen LogP contribution is -2.16. The third kappa shape index (κ3) is 2.98. The van der Waals surface area contributed by atoms with Crippen LogP contribution in [0.4, 0.5) is 10.1 Å². The van der Waals surface area contributed by atoms with Gasteiger partial charge >= 0.3 is 0 Å². The Morgan fingerprint density at radius 3 is 2.74 bits per heavy atom. The van der Waals surface area contributed by atoms with Crippen LogP contribution in [-0.4, -0.2) is 10.9 Å². The number of hydrogen-bond donors (Lipinski definition) is 1. The van der Waals surface area contributed by atoms with Crippen molar-refractivity contribution in [3.8, 4) is 0 Å². The Labute approximate surface area is 119 Å². The monoisotopic (exact) mass is 322 g/mol. The average Bonchev–Trinajstić information content (AvgIpc) is 2.36. The molecule has 2 rings (SSSR count). The quantitative estimate of drug-likeness (QED) is 0.912. The van der Waals surface area contributed by atoms with Gasteiger partial charge in [0.25, 0.3) is 5.91 Å². The first-order valence-corrected chi connectivity index (χ1v) is 6.47. The van der Waals surface area contributed by atoms with Crippen molar-refractivity contribution in [1.82, 2.24) is 4.98 Å². The molecule has 19 heavy (non-hydrogen) atoms. The fourth-order valence-corrected chi connectivity index (χ4v) is 2.03. The van der Waals surface area contributed by atoms with Crippen LogP contribution in [0.3, 0.4) is 0 Å². The van der Waals surface area contributed by atoms with Gasteiger partial charge in [-0.2, -0.15) is 0 Å². The van der Waals surface area contributed by atoms with Crippen LogP contribution >= 0.6 is 15.9 Å². The van der Waals surface area contributed by atoms with E-state index in [4.69, 9.17) is 0 Å². The highest BCUT2D eigenvalue weighted by molar-refractivity contribution is 9.10. The van der Waals surface area contributed by atoms with E-state index in [2.05, 4.69) is 26.2 Å². The van der Waals surface area contributed by atoms with Crippen LogP contribution < -0.4 is 5.32 Å². The van der Waals surface area contributed by atoms with Crippen molar-refractivity contribution in [2.45, 2.75) is 13.8 Å². The van der Waals surface area contributed by atoms with Crippen molar-refractivity contribution >= 4 is 27.5 Å². The van der Waals surface area contributed by atoms with Crippen molar-refractivity contribution in [1.29, 1.82) is 0 Å². The number of halogens is 2. The van der Waals surface area contributed by atoms with Gasteiger partial charge in [-0.25, -0.2) is 4.39 Å². The van der Waals surface area contributed by atoms with Crippen LogP contribution in [0.2, 0.25) is 0 Å². The molecule has 0 aliphatic rings. The fourth-order valence-electron chi connectivity index (χ4n) is 1.69. The van der Waals surface area contributed by atoms with Gasteiger partial charge in [-0.15, -0.1) is 0 Å². The van der Waals surface area contributed by atoms with Crippen LogP contribution in [0, 0.1) is 19.7 Å². The number of benzene rings is 1. The molecule has 0 aliphatic heterocycles. The van der Waals surface area contributed by atoms with E-state index in [-0.39, 0.29) is 11.7 Å². The number of pyridine rings is 1. The molecular weight excluding hydrogens is 311 g/mol. The number of aryl methyl sites for hydroxylation is 2. The highest BCUT2D eigenvalue weighted by atomic mass is 79.9. The summed E-state index contributed by atoms with van der Waals surface area (Å²) in [7, 11) is 0. The maximum Gasteiger partial charge on any atom is 0.274 e. The van der Waals surface area contributed by atoms with Gasteiger partial charge in [0.05, 0.1) is 4.47 Å². The summed E-state index contributed by atoms with van der Waals surface area (Å²) >= 11 is 3.10. The number of carbonyl (C=O) groups is 1. The molecule has 1 heterocycles. The predicted molar refractivity (Wildman–Crippen MR) is 75.8 cm³/mol. The number of nitrogens with zero attached hydrogens (tertiary/aromatic N) is 1. The zero-order valence-corrected chi connectivity index (χ0v) is 12.1. The van der Waals surface area contributed by atoms with Crippen molar-refractivity contribution < 1.29 is 9.18 Å². The fraction of sp³-hybridized carbons (Fsp3) is 0.143. The number of nitrogens with one attached hydrogen (secondary N) is 1. The molecule has 3 nitrogen and oxygen atoms in total. The highest BCUT2D eigenvalue weighted by Crippen LogP contribution is 2.24. The number of rotatable bonds is 2. The van der Waals surface area contributed by atoms with Gasteiger partial charge in [0.2, 0.25) is 0 Å². The topological polar surface area (TPSA) is 42.0 Å². The molecule has 0 saturated carbocycles. The van der Waals surface area contributed by atoms with Crippen LogP contribution in [0.15, 0.2) is 34.9 Å². The Hall–Kier alpha value is -1.75. The number of hydrogen-bond acceptors (Lipinski definition) is 2. The molecule has 0 radical (unpaired) electrons. The summed E-state index contributed by atoms with van der Waals surface area (Å²) in [6, 6.07) is 6.49. The normalized spacial score (nSPS) is 10.3. The molecule has 98 valence electrons.